The lowest BCUT2D eigenvalue weighted by molar-refractivity contribution is -0.139. The monoisotopic (exact) mass is 605 g/mol. The number of sulfonamides is 1. The Kier molecular flexibility index (Phi) is 10.8. The fraction of sp³-hybridized carbons (Fsp3) is 0.310. The highest BCUT2D eigenvalue weighted by molar-refractivity contribution is 7.92. The standard InChI is InChI=1S/C29H33Cl2N3O5S/c1-5-16-32-29(36)21(3)33(18-22-8-6-7-9-25(22)30)28(35)19-34(23-12-15-27(39-4)26(31)17-23)40(37,38)24-13-10-20(2)11-14-24/h6-15,17,21H,5,16,18-19H2,1-4H3,(H,32,36)/t21-/m1/s1. The predicted molar refractivity (Wildman–Crippen MR) is 158 cm³/mol. The highest BCUT2D eigenvalue weighted by atomic mass is 35.5. The zero-order chi connectivity index (χ0) is 29.4. The molecule has 0 aliphatic rings. The number of amides is 2. The fourth-order valence-electron chi connectivity index (χ4n) is 3.97. The first-order chi connectivity index (χ1) is 19.0. The van der Waals surface area contributed by atoms with Crippen LogP contribution in [0.1, 0.15) is 31.4 Å². The van der Waals surface area contributed by atoms with E-state index in [0.717, 1.165) is 16.3 Å². The number of anilines is 1. The Morgan fingerprint density at radius 2 is 1.68 bits per heavy atom. The number of benzene rings is 3. The van der Waals surface area contributed by atoms with Gasteiger partial charge in [0.15, 0.2) is 0 Å². The van der Waals surface area contributed by atoms with Crippen molar-refractivity contribution in [2.45, 2.75) is 44.7 Å². The quantitative estimate of drug-likeness (QED) is 0.296. The number of carbonyl (C=O) groups excluding carboxylic acids is 2. The van der Waals surface area contributed by atoms with Crippen molar-refractivity contribution in [3.63, 3.8) is 0 Å². The van der Waals surface area contributed by atoms with Crippen LogP contribution >= 0.6 is 23.2 Å². The molecule has 1 atom stereocenters. The molecular weight excluding hydrogens is 573 g/mol. The molecule has 0 radical (unpaired) electrons. The average Bonchev–Trinajstić information content (AvgIpc) is 2.93. The van der Waals surface area contributed by atoms with Gasteiger partial charge in [0.1, 0.15) is 18.3 Å². The zero-order valence-corrected chi connectivity index (χ0v) is 25.2. The van der Waals surface area contributed by atoms with Gasteiger partial charge in [-0.2, -0.15) is 0 Å². The molecule has 1 N–H and O–H groups in total. The zero-order valence-electron chi connectivity index (χ0n) is 22.9. The molecule has 3 aromatic carbocycles. The van der Waals surface area contributed by atoms with Crippen molar-refractivity contribution in [1.29, 1.82) is 0 Å². The number of aryl methyl sites for hydroxylation is 1. The van der Waals surface area contributed by atoms with Crippen molar-refractivity contribution in [1.82, 2.24) is 10.2 Å². The molecule has 0 spiro atoms. The maximum absolute atomic E-state index is 13.9. The Morgan fingerprint density at radius 3 is 2.27 bits per heavy atom. The maximum atomic E-state index is 13.9. The largest absolute Gasteiger partial charge is 0.495 e. The normalized spacial score (nSPS) is 11.9. The van der Waals surface area contributed by atoms with Gasteiger partial charge in [0, 0.05) is 18.1 Å². The van der Waals surface area contributed by atoms with Crippen LogP contribution < -0.4 is 14.4 Å². The van der Waals surface area contributed by atoms with Crippen LogP contribution in [0.15, 0.2) is 71.6 Å². The van der Waals surface area contributed by atoms with Crippen LogP contribution in [0, 0.1) is 6.92 Å². The number of hydrogen-bond acceptors (Lipinski definition) is 5. The van der Waals surface area contributed by atoms with E-state index in [0.29, 0.717) is 22.9 Å². The summed E-state index contributed by atoms with van der Waals surface area (Å²) >= 11 is 12.7. The second kappa shape index (κ2) is 13.9. The molecule has 0 saturated carbocycles. The molecule has 11 heteroatoms. The minimum Gasteiger partial charge on any atom is -0.495 e. The fourth-order valence-corrected chi connectivity index (χ4v) is 5.82. The Balaban J connectivity index is 2.07. The molecule has 2 amide bonds. The van der Waals surface area contributed by atoms with E-state index in [1.807, 2.05) is 13.8 Å². The molecule has 0 aromatic heterocycles. The highest BCUT2D eigenvalue weighted by Crippen LogP contribution is 2.32. The molecule has 0 heterocycles. The summed E-state index contributed by atoms with van der Waals surface area (Å²) in [5.41, 5.74) is 1.67. The molecule has 0 aliphatic carbocycles. The third-order valence-corrected chi connectivity index (χ3v) is 8.78. The highest BCUT2D eigenvalue weighted by Gasteiger charge is 2.33. The van der Waals surface area contributed by atoms with Gasteiger partial charge in [-0.15, -0.1) is 0 Å². The average molecular weight is 607 g/mol. The Bertz CT molecular complexity index is 1450. The minimum absolute atomic E-state index is 0.000998. The second-order valence-electron chi connectivity index (χ2n) is 9.22. The third kappa shape index (κ3) is 7.47. The topological polar surface area (TPSA) is 96.0 Å². The Hall–Kier alpha value is -3.27. The summed E-state index contributed by atoms with van der Waals surface area (Å²) < 4.78 is 34.0. The van der Waals surface area contributed by atoms with Crippen LogP contribution in [0.3, 0.4) is 0 Å². The molecule has 3 rings (SSSR count). The Morgan fingerprint density at radius 1 is 1.00 bits per heavy atom. The maximum Gasteiger partial charge on any atom is 0.264 e. The number of methoxy groups -OCH3 is 1. The molecule has 0 saturated heterocycles. The number of hydrogen-bond donors (Lipinski definition) is 1. The van der Waals surface area contributed by atoms with E-state index in [2.05, 4.69) is 5.32 Å². The number of carbonyl (C=O) groups is 2. The van der Waals surface area contributed by atoms with Gasteiger partial charge < -0.3 is 15.0 Å². The van der Waals surface area contributed by atoms with E-state index < -0.39 is 28.5 Å². The van der Waals surface area contributed by atoms with Crippen molar-refractivity contribution in [2.24, 2.45) is 0 Å². The summed E-state index contributed by atoms with van der Waals surface area (Å²) in [4.78, 5) is 28.2. The van der Waals surface area contributed by atoms with Gasteiger partial charge >= 0.3 is 0 Å². The van der Waals surface area contributed by atoms with Crippen LogP contribution in [-0.2, 0) is 26.2 Å². The van der Waals surface area contributed by atoms with Crippen molar-refractivity contribution in [2.75, 3.05) is 24.5 Å². The first-order valence-corrected chi connectivity index (χ1v) is 14.9. The van der Waals surface area contributed by atoms with Crippen LogP contribution in [0.5, 0.6) is 5.75 Å². The number of halogens is 2. The summed E-state index contributed by atoms with van der Waals surface area (Å²) in [7, 11) is -2.77. The summed E-state index contributed by atoms with van der Waals surface area (Å²) in [5, 5.41) is 3.41. The predicted octanol–water partition coefficient (Wildman–Crippen LogP) is 5.45. The van der Waals surface area contributed by atoms with Crippen LogP contribution in [-0.4, -0.2) is 51.4 Å². The van der Waals surface area contributed by atoms with Gasteiger partial charge in [-0.05, 0) is 62.2 Å². The number of nitrogens with zero attached hydrogens (tertiary/aromatic N) is 2. The van der Waals surface area contributed by atoms with Crippen molar-refractivity contribution >= 4 is 50.7 Å². The molecule has 0 aliphatic heterocycles. The van der Waals surface area contributed by atoms with E-state index in [-0.39, 0.29) is 28.1 Å². The first-order valence-electron chi connectivity index (χ1n) is 12.7. The van der Waals surface area contributed by atoms with E-state index in [9.17, 15) is 18.0 Å². The molecule has 0 bridgehead atoms. The van der Waals surface area contributed by atoms with E-state index in [1.165, 1.54) is 42.3 Å². The van der Waals surface area contributed by atoms with E-state index in [1.54, 1.807) is 43.3 Å². The van der Waals surface area contributed by atoms with Crippen LogP contribution in [0.4, 0.5) is 5.69 Å². The van der Waals surface area contributed by atoms with E-state index >= 15 is 0 Å². The lowest BCUT2D eigenvalue weighted by atomic mass is 10.1. The second-order valence-corrected chi connectivity index (χ2v) is 11.9. The van der Waals surface area contributed by atoms with Gasteiger partial charge in [0.25, 0.3) is 10.0 Å². The van der Waals surface area contributed by atoms with Crippen molar-refractivity contribution in [3.05, 3.63) is 87.9 Å². The van der Waals surface area contributed by atoms with E-state index in [4.69, 9.17) is 27.9 Å². The van der Waals surface area contributed by atoms with Gasteiger partial charge in [0.2, 0.25) is 11.8 Å². The molecule has 8 nitrogen and oxygen atoms in total. The summed E-state index contributed by atoms with van der Waals surface area (Å²) in [6.45, 7) is 5.22. The molecule has 214 valence electrons. The third-order valence-electron chi connectivity index (χ3n) is 6.33. The van der Waals surface area contributed by atoms with Crippen LogP contribution in [0.25, 0.3) is 0 Å². The molecule has 0 fully saturated rings. The SMILES string of the molecule is CCCNC(=O)[C@@H](C)N(Cc1ccccc1Cl)C(=O)CN(c1ccc(OC)c(Cl)c1)S(=O)(=O)c1ccc(C)cc1. The minimum atomic E-state index is -4.22. The van der Waals surface area contributed by atoms with Gasteiger partial charge in [-0.1, -0.05) is 66.0 Å². The lowest BCUT2D eigenvalue weighted by Crippen LogP contribution is -2.51. The smallest absolute Gasteiger partial charge is 0.264 e. The van der Waals surface area contributed by atoms with Crippen LogP contribution in [0.2, 0.25) is 10.0 Å². The van der Waals surface area contributed by atoms with Gasteiger partial charge in [-0.25, -0.2) is 8.42 Å². The molecular formula is C29H33Cl2N3O5S. The molecule has 40 heavy (non-hydrogen) atoms. The van der Waals surface area contributed by atoms with Gasteiger partial charge in [0.05, 0.1) is 22.7 Å². The van der Waals surface area contributed by atoms with Crippen molar-refractivity contribution in [3.8, 4) is 5.75 Å². The molecule has 3 aromatic rings. The van der Waals surface area contributed by atoms with Gasteiger partial charge in [-0.3, -0.25) is 13.9 Å². The lowest BCUT2D eigenvalue weighted by Gasteiger charge is -2.32. The Labute approximate surface area is 245 Å². The number of ether oxygens (including phenoxy) is 1. The summed E-state index contributed by atoms with van der Waals surface area (Å²) in [6.07, 6.45) is 0.720. The number of nitrogens with one attached hydrogen (secondary N) is 1. The summed E-state index contributed by atoms with van der Waals surface area (Å²) in [5.74, 6) is -0.602. The van der Waals surface area contributed by atoms with Crippen molar-refractivity contribution < 1.29 is 22.7 Å². The first kappa shape index (κ1) is 31.3. The number of rotatable bonds is 12. The summed E-state index contributed by atoms with van der Waals surface area (Å²) in [6, 6.07) is 16.9. The molecule has 0 unspecified atom stereocenters.